The maximum atomic E-state index is 6.13. The summed E-state index contributed by atoms with van der Waals surface area (Å²) in [6.45, 7) is 9.20. The van der Waals surface area contributed by atoms with Crippen molar-refractivity contribution in [3.8, 4) is 5.75 Å². The summed E-state index contributed by atoms with van der Waals surface area (Å²) in [6, 6.07) is 8.47. The summed E-state index contributed by atoms with van der Waals surface area (Å²) in [5.41, 5.74) is 8.49. The molecule has 1 heterocycles. The van der Waals surface area contributed by atoms with Crippen molar-refractivity contribution in [2.45, 2.75) is 39.2 Å². The standard InChI is InChI=1S/C17H22BrNOS/c1-11-7-12(17(2,3)4)5-6-14(11)20-15(9-19)16-8-13(18)10-21-16/h5-8,10,15H,9,19H2,1-4H3. The molecule has 0 aliphatic rings. The van der Waals surface area contributed by atoms with Crippen molar-refractivity contribution in [1.29, 1.82) is 0 Å². The molecule has 2 aromatic rings. The molecule has 114 valence electrons. The van der Waals surface area contributed by atoms with Crippen molar-refractivity contribution in [2.24, 2.45) is 5.73 Å². The van der Waals surface area contributed by atoms with E-state index in [0.29, 0.717) is 6.54 Å². The van der Waals surface area contributed by atoms with Crippen LogP contribution in [0.1, 0.15) is 42.9 Å². The van der Waals surface area contributed by atoms with Crippen molar-refractivity contribution in [3.63, 3.8) is 0 Å². The highest BCUT2D eigenvalue weighted by molar-refractivity contribution is 9.10. The van der Waals surface area contributed by atoms with Crippen LogP contribution in [0, 0.1) is 6.92 Å². The molecule has 0 bridgehead atoms. The molecule has 1 aromatic heterocycles. The molecule has 0 fully saturated rings. The Balaban J connectivity index is 2.22. The van der Waals surface area contributed by atoms with Crippen LogP contribution in [0.15, 0.2) is 34.1 Å². The molecule has 0 saturated carbocycles. The summed E-state index contributed by atoms with van der Waals surface area (Å²) in [5, 5.41) is 2.05. The number of nitrogens with two attached hydrogens (primary N) is 1. The number of rotatable bonds is 4. The lowest BCUT2D eigenvalue weighted by molar-refractivity contribution is 0.216. The third-order valence-electron chi connectivity index (χ3n) is 3.43. The van der Waals surface area contributed by atoms with E-state index < -0.39 is 0 Å². The lowest BCUT2D eigenvalue weighted by atomic mass is 9.86. The Morgan fingerprint density at radius 2 is 2.00 bits per heavy atom. The largest absolute Gasteiger partial charge is 0.483 e. The molecule has 0 amide bonds. The fraction of sp³-hybridized carbons (Fsp3) is 0.412. The van der Waals surface area contributed by atoms with Crippen molar-refractivity contribution < 1.29 is 4.74 Å². The van der Waals surface area contributed by atoms with Gasteiger partial charge >= 0.3 is 0 Å². The summed E-state index contributed by atoms with van der Waals surface area (Å²) in [4.78, 5) is 1.14. The van der Waals surface area contributed by atoms with Gasteiger partial charge in [-0.2, -0.15) is 0 Å². The van der Waals surface area contributed by atoms with Gasteiger partial charge < -0.3 is 10.5 Å². The summed E-state index contributed by atoms with van der Waals surface area (Å²) >= 11 is 5.14. The van der Waals surface area contributed by atoms with Crippen LogP contribution in [0.25, 0.3) is 0 Å². The van der Waals surface area contributed by atoms with Crippen molar-refractivity contribution in [1.82, 2.24) is 0 Å². The molecule has 2 nitrogen and oxygen atoms in total. The van der Waals surface area contributed by atoms with E-state index in [-0.39, 0.29) is 11.5 Å². The number of aryl methyl sites for hydroxylation is 1. The molecule has 2 N–H and O–H groups in total. The maximum absolute atomic E-state index is 6.13. The van der Waals surface area contributed by atoms with Gasteiger partial charge in [0.05, 0.1) is 0 Å². The molecular formula is C17H22BrNOS. The van der Waals surface area contributed by atoms with Gasteiger partial charge in [-0.05, 0) is 51.5 Å². The highest BCUT2D eigenvalue weighted by atomic mass is 79.9. The number of halogens is 1. The molecular weight excluding hydrogens is 346 g/mol. The SMILES string of the molecule is Cc1cc(C(C)(C)C)ccc1OC(CN)c1cc(Br)cs1. The van der Waals surface area contributed by atoms with Gasteiger partial charge in [0.15, 0.2) is 0 Å². The monoisotopic (exact) mass is 367 g/mol. The second kappa shape index (κ2) is 6.51. The lowest BCUT2D eigenvalue weighted by Gasteiger charge is -2.22. The first-order valence-electron chi connectivity index (χ1n) is 7.03. The minimum absolute atomic E-state index is 0.0968. The Bertz CT molecular complexity index is 615. The minimum atomic E-state index is -0.0968. The Labute approximate surface area is 139 Å². The van der Waals surface area contributed by atoms with Crippen LogP contribution in [0.2, 0.25) is 0 Å². The summed E-state index contributed by atoms with van der Waals surface area (Å²) < 4.78 is 7.20. The molecule has 0 aliphatic carbocycles. The van der Waals surface area contributed by atoms with E-state index in [9.17, 15) is 0 Å². The van der Waals surface area contributed by atoms with E-state index in [0.717, 1.165) is 20.7 Å². The molecule has 0 saturated heterocycles. The van der Waals surface area contributed by atoms with Crippen molar-refractivity contribution in [2.75, 3.05) is 6.54 Å². The minimum Gasteiger partial charge on any atom is -0.483 e. The summed E-state index contributed by atoms with van der Waals surface area (Å²) in [7, 11) is 0. The molecule has 0 aliphatic heterocycles. The highest BCUT2D eigenvalue weighted by Crippen LogP contribution is 2.32. The molecule has 0 radical (unpaired) electrons. The third-order valence-corrected chi connectivity index (χ3v) is 5.21. The Hall–Kier alpha value is -0.840. The molecule has 1 unspecified atom stereocenters. The summed E-state index contributed by atoms with van der Waals surface area (Å²) in [5.74, 6) is 0.906. The van der Waals surface area contributed by atoms with Crippen LogP contribution in [0.4, 0.5) is 0 Å². The Morgan fingerprint density at radius 3 is 2.48 bits per heavy atom. The number of hydrogen-bond acceptors (Lipinski definition) is 3. The van der Waals surface area contributed by atoms with Crippen LogP contribution < -0.4 is 10.5 Å². The molecule has 0 spiro atoms. The number of ether oxygens (including phenoxy) is 1. The third kappa shape index (κ3) is 4.09. The highest BCUT2D eigenvalue weighted by Gasteiger charge is 2.18. The zero-order valence-electron chi connectivity index (χ0n) is 12.9. The average Bonchev–Trinajstić information content (AvgIpc) is 2.82. The van der Waals surface area contributed by atoms with Crippen LogP contribution in [-0.2, 0) is 5.41 Å². The molecule has 21 heavy (non-hydrogen) atoms. The van der Waals surface area contributed by atoms with Crippen molar-refractivity contribution in [3.05, 3.63) is 50.1 Å². The number of hydrogen-bond donors (Lipinski definition) is 1. The van der Waals surface area contributed by atoms with Crippen LogP contribution in [0.5, 0.6) is 5.75 Å². The predicted octanol–water partition coefficient (Wildman–Crippen LogP) is 5.20. The Kier molecular flexibility index (Phi) is 5.12. The van der Waals surface area contributed by atoms with E-state index in [1.54, 1.807) is 11.3 Å². The van der Waals surface area contributed by atoms with Gasteiger partial charge in [0.25, 0.3) is 0 Å². The predicted molar refractivity (Wildman–Crippen MR) is 94.3 cm³/mol. The average molecular weight is 368 g/mol. The van der Waals surface area contributed by atoms with E-state index in [4.69, 9.17) is 10.5 Å². The fourth-order valence-corrected chi connectivity index (χ4v) is 3.61. The normalized spacial score (nSPS) is 13.2. The van der Waals surface area contributed by atoms with Gasteiger partial charge in [0.2, 0.25) is 0 Å². The lowest BCUT2D eigenvalue weighted by Crippen LogP contribution is -2.18. The van der Waals surface area contributed by atoms with E-state index in [2.05, 4.69) is 73.3 Å². The first-order chi connectivity index (χ1) is 9.81. The van der Waals surface area contributed by atoms with Gasteiger partial charge in [-0.15, -0.1) is 11.3 Å². The van der Waals surface area contributed by atoms with E-state index in [1.165, 1.54) is 5.56 Å². The van der Waals surface area contributed by atoms with Crippen LogP contribution in [-0.4, -0.2) is 6.54 Å². The van der Waals surface area contributed by atoms with Gasteiger partial charge in [0, 0.05) is 21.3 Å². The molecule has 1 atom stereocenters. The van der Waals surface area contributed by atoms with E-state index >= 15 is 0 Å². The molecule has 4 heteroatoms. The first kappa shape index (κ1) is 16.5. The quantitative estimate of drug-likeness (QED) is 0.806. The van der Waals surface area contributed by atoms with E-state index in [1.807, 2.05) is 0 Å². The maximum Gasteiger partial charge on any atom is 0.145 e. The first-order valence-corrected chi connectivity index (χ1v) is 8.70. The number of benzene rings is 1. The topological polar surface area (TPSA) is 35.2 Å². The van der Waals surface area contributed by atoms with Gasteiger partial charge in [-0.3, -0.25) is 0 Å². The second-order valence-corrected chi connectivity index (χ2v) is 8.10. The smallest absolute Gasteiger partial charge is 0.145 e. The zero-order chi connectivity index (χ0) is 15.6. The van der Waals surface area contributed by atoms with Crippen LogP contribution in [0.3, 0.4) is 0 Å². The van der Waals surface area contributed by atoms with Gasteiger partial charge in [-0.1, -0.05) is 32.9 Å². The molecule has 1 aromatic carbocycles. The number of thiophene rings is 1. The summed E-state index contributed by atoms with van der Waals surface area (Å²) in [6.07, 6.45) is -0.0968. The zero-order valence-corrected chi connectivity index (χ0v) is 15.3. The van der Waals surface area contributed by atoms with Gasteiger partial charge in [-0.25, -0.2) is 0 Å². The fourth-order valence-electron chi connectivity index (χ4n) is 2.12. The second-order valence-electron chi connectivity index (χ2n) is 6.24. The van der Waals surface area contributed by atoms with Gasteiger partial charge in [0.1, 0.15) is 11.9 Å². The Morgan fingerprint density at radius 1 is 1.29 bits per heavy atom. The molecule has 2 rings (SSSR count). The van der Waals surface area contributed by atoms with Crippen molar-refractivity contribution >= 4 is 27.3 Å². The van der Waals surface area contributed by atoms with Crippen LogP contribution >= 0.6 is 27.3 Å².